The first-order valence-corrected chi connectivity index (χ1v) is 10.6. The summed E-state index contributed by atoms with van der Waals surface area (Å²) in [6.07, 6.45) is 3.18. The monoisotopic (exact) mass is 400 g/mol. The number of hydrogen-bond donors (Lipinski definition) is 3. The van der Waals surface area contributed by atoms with Gasteiger partial charge in [0.05, 0.1) is 31.0 Å². The Morgan fingerprint density at radius 3 is 2.39 bits per heavy atom. The molecule has 1 heterocycles. The number of esters is 1. The Balaban J connectivity index is 2.73. The zero-order valence-electron chi connectivity index (χ0n) is 18.2. The van der Waals surface area contributed by atoms with Gasteiger partial charge in [-0.3, -0.25) is 0 Å². The molecule has 0 aliphatic carbocycles. The van der Waals surface area contributed by atoms with E-state index in [4.69, 9.17) is 9.47 Å². The first-order valence-electron chi connectivity index (χ1n) is 10.6. The minimum absolute atomic E-state index is 0.00693. The number of aliphatic hydroxyl groups excluding tert-OH is 3. The molecular formula is C22H40O6. The highest BCUT2D eigenvalue weighted by atomic mass is 16.5. The van der Waals surface area contributed by atoms with Gasteiger partial charge in [0, 0.05) is 36.4 Å². The van der Waals surface area contributed by atoms with Crippen LogP contribution in [0.25, 0.3) is 0 Å². The molecule has 1 rings (SSSR count). The van der Waals surface area contributed by atoms with Gasteiger partial charge in [-0.15, -0.1) is 0 Å². The topological polar surface area (TPSA) is 96.2 Å². The van der Waals surface area contributed by atoms with Gasteiger partial charge in [-0.05, 0) is 25.7 Å². The van der Waals surface area contributed by atoms with Gasteiger partial charge in [0.25, 0.3) is 0 Å². The summed E-state index contributed by atoms with van der Waals surface area (Å²) in [6.45, 7) is 11.8. The van der Waals surface area contributed by atoms with E-state index in [1.807, 2.05) is 27.7 Å². The Hall–Kier alpha value is -0.950. The second-order valence-corrected chi connectivity index (χ2v) is 8.52. The van der Waals surface area contributed by atoms with E-state index in [-0.39, 0.29) is 42.5 Å². The standard InChI is InChI=1S/C22H40O6/c1-7-27-19(24)11-9-13(2)20(25)16(5)21(26)17(6)22-14(3)8-10-18(28-22)15(4)12-23/h9,11,13-18,20-23,25-26H,7-8,10,12H2,1-6H3/b11-9+/t13-,14-,15+,16-,17-,18-,20-,21-,22-/m0/s1. The highest BCUT2D eigenvalue weighted by Gasteiger charge is 2.39. The highest BCUT2D eigenvalue weighted by molar-refractivity contribution is 5.81. The molecule has 28 heavy (non-hydrogen) atoms. The maximum atomic E-state index is 11.5. The van der Waals surface area contributed by atoms with Crippen LogP contribution in [0.3, 0.4) is 0 Å². The number of rotatable bonds is 10. The largest absolute Gasteiger partial charge is 0.463 e. The lowest BCUT2D eigenvalue weighted by molar-refractivity contribution is -0.154. The summed E-state index contributed by atoms with van der Waals surface area (Å²) < 4.78 is 11.1. The first kappa shape index (κ1) is 25.1. The molecule has 0 spiro atoms. The van der Waals surface area contributed by atoms with E-state index in [2.05, 4.69) is 6.92 Å². The number of carbonyl (C=O) groups excluding carboxylic acids is 1. The summed E-state index contributed by atoms with van der Waals surface area (Å²) in [4.78, 5) is 11.5. The van der Waals surface area contributed by atoms with Crippen molar-refractivity contribution in [2.24, 2.45) is 29.6 Å². The molecule has 164 valence electrons. The van der Waals surface area contributed by atoms with Crippen molar-refractivity contribution in [2.75, 3.05) is 13.2 Å². The fourth-order valence-electron chi connectivity index (χ4n) is 4.06. The number of hydrogen-bond acceptors (Lipinski definition) is 6. The van der Waals surface area contributed by atoms with Gasteiger partial charge in [0.2, 0.25) is 0 Å². The Labute approximate surface area is 169 Å². The van der Waals surface area contributed by atoms with Crippen molar-refractivity contribution in [1.82, 2.24) is 0 Å². The van der Waals surface area contributed by atoms with Gasteiger partial charge in [0.1, 0.15) is 0 Å². The SMILES string of the molecule is CCOC(=O)/C=C/[C@H](C)[C@H](O)[C@H](C)[C@H](O)[C@H](C)[C@H]1O[C@H]([C@H](C)CO)CC[C@@H]1C. The summed E-state index contributed by atoms with van der Waals surface area (Å²) >= 11 is 0. The Morgan fingerprint density at radius 2 is 1.82 bits per heavy atom. The number of ether oxygens (including phenoxy) is 2. The van der Waals surface area contributed by atoms with Crippen LogP contribution in [0, 0.1) is 29.6 Å². The van der Waals surface area contributed by atoms with Crippen LogP contribution < -0.4 is 0 Å². The van der Waals surface area contributed by atoms with Gasteiger partial charge >= 0.3 is 5.97 Å². The third-order valence-corrected chi connectivity index (χ3v) is 6.22. The summed E-state index contributed by atoms with van der Waals surface area (Å²) in [7, 11) is 0. The van der Waals surface area contributed by atoms with Crippen molar-refractivity contribution in [3.8, 4) is 0 Å². The molecule has 0 saturated carbocycles. The molecule has 1 aliphatic heterocycles. The second kappa shape index (κ2) is 11.9. The second-order valence-electron chi connectivity index (χ2n) is 8.52. The average molecular weight is 401 g/mol. The van der Waals surface area contributed by atoms with Crippen molar-refractivity contribution < 1.29 is 29.6 Å². The van der Waals surface area contributed by atoms with Gasteiger partial charge in [-0.1, -0.05) is 40.7 Å². The summed E-state index contributed by atoms with van der Waals surface area (Å²) in [5.74, 6) is -0.907. The van der Waals surface area contributed by atoms with E-state index in [1.165, 1.54) is 6.08 Å². The molecule has 0 amide bonds. The Kier molecular flexibility index (Phi) is 10.7. The number of aliphatic hydroxyl groups is 3. The lowest BCUT2D eigenvalue weighted by Crippen LogP contribution is -2.48. The molecule has 0 unspecified atom stereocenters. The van der Waals surface area contributed by atoms with Crippen molar-refractivity contribution in [3.05, 3.63) is 12.2 Å². The molecule has 1 fully saturated rings. The van der Waals surface area contributed by atoms with Crippen LogP contribution >= 0.6 is 0 Å². The van der Waals surface area contributed by atoms with E-state index >= 15 is 0 Å². The molecule has 0 aromatic carbocycles. The fraction of sp³-hybridized carbons (Fsp3) is 0.864. The van der Waals surface area contributed by atoms with E-state index in [0.717, 1.165) is 12.8 Å². The average Bonchev–Trinajstić information content (AvgIpc) is 2.69. The van der Waals surface area contributed by atoms with Crippen molar-refractivity contribution in [1.29, 1.82) is 0 Å². The molecule has 0 aromatic heterocycles. The van der Waals surface area contributed by atoms with E-state index in [0.29, 0.717) is 12.5 Å². The van der Waals surface area contributed by atoms with Gasteiger partial charge < -0.3 is 24.8 Å². The molecule has 6 heteroatoms. The van der Waals surface area contributed by atoms with Crippen LogP contribution in [-0.2, 0) is 14.3 Å². The van der Waals surface area contributed by atoms with Gasteiger partial charge in [-0.2, -0.15) is 0 Å². The quantitative estimate of drug-likeness (QED) is 0.385. The first-order chi connectivity index (χ1) is 13.1. The third-order valence-electron chi connectivity index (χ3n) is 6.22. The predicted octanol–water partition coefficient (Wildman–Crippen LogP) is 2.55. The molecule has 0 bridgehead atoms. The molecule has 0 aromatic rings. The normalized spacial score (nSPS) is 29.7. The Morgan fingerprint density at radius 1 is 1.18 bits per heavy atom. The Bertz CT molecular complexity index is 493. The molecule has 6 nitrogen and oxygen atoms in total. The van der Waals surface area contributed by atoms with E-state index < -0.39 is 18.2 Å². The fourth-order valence-corrected chi connectivity index (χ4v) is 4.06. The van der Waals surface area contributed by atoms with E-state index in [1.54, 1.807) is 13.0 Å². The molecule has 3 N–H and O–H groups in total. The number of carbonyl (C=O) groups is 1. The lowest BCUT2D eigenvalue weighted by Gasteiger charge is -2.43. The zero-order chi connectivity index (χ0) is 21.4. The van der Waals surface area contributed by atoms with Gasteiger partial charge in [-0.25, -0.2) is 4.79 Å². The lowest BCUT2D eigenvalue weighted by atomic mass is 9.77. The third kappa shape index (κ3) is 6.83. The molecular weight excluding hydrogens is 360 g/mol. The van der Waals surface area contributed by atoms with Crippen molar-refractivity contribution in [3.63, 3.8) is 0 Å². The molecule has 9 atom stereocenters. The summed E-state index contributed by atoms with van der Waals surface area (Å²) in [6, 6.07) is 0. The van der Waals surface area contributed by atoms with Crippen molar-refractivity contribution >= 4 is 5.97 Å². The predicted molar refractivity (Wildman–Crippen MR) is 109 cm³/mol. The molecule has 0 radical (unpaired) electrons. The maximum Gasteiger partial charge on any atom is 0.330 e. The zero-order valence-corrected chi connectivity index (χ0v) is 18.2. The van der Waals surface area contributed by atoms with E-state index in [9.17, 15) is 20.1 Å². The van der Waals surface area contributed by atoms with Crippen LogP contribution in [0.15, 0.2) is 12.2 Å². The van der Waals surface area contributed by atoms with Gasteiger partial charge in [0.15, 0.2) is 0 Å². The summed E-state index contributed by atoms with van der Waals surface area (Å²) in [5.41, 5.74) is 0. The van der Waals surface area contributed by atoms with Crippen molar-refractivity contribution in [2.45, 2.75) is 78.8 Å². The van der Waals surface area contributed by atoms with Crippen LogP contribution in [0.1, 0.15) is 54.4 Å². The van der Waals surface area contributed by atoms with Crippen LogP contribution in [0.2, 0.25) is 0 Å². The summed E-state index contributed by atoms with van der Waals surface area (Å²) in [5, 5.41) is 31.0. The smallest absolute Gasteiger partial charge is 0.330 e. The highest BCUT2D eigenvalue weighted by Crippen LogP contribution is 2.35. The minimum atomic E-state index is -0.797. The maximum absolute atomic E-state index is 11.5. The van der Waals surface area contributed by atoms with Crippen LogP contribution in [-0.4, -0.2) is 58.9 Å². The van der Waals surface area contributed by atoms with Crippen LogP contribution in [0.4, 0.5) is 0 Å². The molecule has 1 saturated heterocycles. The van der Waals surface area contributed by atoms with Crippen LogP contribution in [0.5, 0.6) is 0 Å². The molecule has 1 aliphatic rings. The minimum Gasteiger partial charge on any atom is -0.463 e.